The van der Waals surface area contributed by atoms with Crippen LogP contribution in [0.1, 0.15) is 37.5 Å². The number of ether oxygens (including phenoxy) is 3. The Morgan fingerprint density at radius 2 is 1.97 bits per heavy atom. The van der Waals surface area contributed by atoms with E-state index < -0.39 is 0 Å². The monoisotopic (exact) mass is 477 g/mol. The third-order valence-electron chi connectivity index (χ3n) is 7.08. The van der Waals surface area contributed by atoms with Gasteiger partial charge in [-0.25, -0.2) is 19.5 Å². The number of methoxy groups -OCH3 is 1. The first-order valence-corrected chi connectivity index (χ1v) is 12.3. The second-order valence-corrected chi connectivity index (χ2v) is 9.38. The lowest BCUT2D eigenvalue weighted by Gasteiger charge is -2.35. The molecule has 10 nitrogen and oxygen atoms in total. The maximum atomic E-state index is 5.76. The summed E-state index contributed by atoms with van der Waals surface area (Å²) >= 11 is 0. The van der Waals surface area contributed by atoms with E-state index in [-0.39, 0.29) is 6.10 Å². The van der Waals surface area contributed by atoms with E-state index in [1.165, 1.54) is 0 Å². The van der Waals surface area contributed by atoms with Crippen molar-refractivity contribution < 1.29 is 14.2 Å². The summed E-state index contributed by atoms with van der Waals surface area (Å²) in [5, 5.41) is 8.11. The fourth-order valence-electron chi connectivity index (χ4n) is 5.15. The van der Waals surface area contributed by atoms with E-state index in [1.54, 1.807) is 7.11 Å². The molecule has 184 valence electrons. The third-order valence-corrected chi connectivity index (χ3v) is 7.08. The Morgan fingerprint density at radius 1 is 1.11 bits per heavy atom. The number of anilines is 1. The number of imidazole rings is 1. The Labute approximate surface area is 203 Å². The van der Waals surface area contributed by atoms with Crippen molar-refractivity contribution in [1.82, 2.24) is 29.1 Å². The van der Waals surface area contributed by atoms with Gasteiger partial charge >= 0.3 is 0 Å². The minimum absolute atomic E-state index is 0.283. The zero-order valence-corrected chi connectivity index (χ0v) is 20.2. The maximum absolute atomic E-state index is 5.76. The molecule has 0 amide bonds. The molecule has 0 bridgehead atoms. The average Bonchev–Trinajstić information content (AvgIpc) is 3.42. The molecular formula is C25H31N7O3. The number of aryl methyl sites for hydroxylation is 1. The lowest BCUT2D eigenvalue weighted by Crippen LogP contribution is -2.41. The number of fused-ring (bicyclic) bond motifs is 2. The number of nitrogens with one attached hydrogen (secondary N) is 1. The maximum Gasteiger partial charge on any atom is 0.241 e. The molecule has 0 atom stereocenters. The quantitative estimate of drug-likeness (QED) is 0.386. The number of nitrogens with zero attached hydrogens (tertiary/aromatic N) is 6. The lowest BCUT2D eigenvalue weighted by molar-refractivity contribution is -0.0261. The van der Waals surface area contributed by atoms with E-state index in [2.05, 4.69) is 44.0 Å². The van der Waals surface area contributed by atoms with Gasteiger partial charge in [0.15, 0.2) is 5.65 Å². The van der Waals surface area contributed by atoms with Crippen LogP contribution in [-0.4, -0.2) is 74.8 Å². The van der Waals surface area contributed by atoms with Crippen LogP contribution in [0.15, 0.2) is 30.7 Å². The predicted octanol–water partition coefficient (Wildman–Crippen LogP) is 3.41. The van der Waals surface area contributed by atoms with Gasteiger partial charge in [0.2, 0.25) is 5.95 Å². The van der Waals surface area contributed by atoms with E-state index in [1.807, 2.05) is 23.1 Å². The van der Waals surface area contributed by atoms with Gasteiger partial charge in [-0.2, -0.15) is 0 Å². The Hall–Kier alpha value is -3.08. The van der Waals surface area contributed by atoms with Crippen LogP contribution in [0.5, 0.6) is 0 Å². The van der Waals surface area contributed by atoms with E-state index in [0.29, 0.717) is 31.2 Å². The van der Waals surface area contributed by atoms with Crippen molar-refractivity contribution in [2.75, 3.05) is 38.9 Å². The molecule has 0 radical (unpaired) electrons. The van der Waals surface area contributed by atoms with Gasteiger partial charge in [-0.15, -0.1) is 5.10 Å². The highest BCUT2D eigenvalue weighted by molar-refractivity contribution is 5.85. The van der Waals surface area contributed by atoms with Crippen molar-refractivity contribution in [2.24, 2.45) is 0 Å². The molecule has 6 rings (SSSR count). The fourth-order valence-corrected chi connectivity index (χ4v) is 5.15. The van der Waals surface area contributed by atoms with E-state index in [4.69, 9.17) is 19.2 Å². The second kappa shape index (κ2) is 9.52. The molecule has 35 heavy (non-hydrogen) atoms. The van der Waals surface area contributed by atoms with Crippen molar-refractivity contribution >= 4 is 22.6 Å². The first kappa shape index (κ1) is 22.4. The van der Waals surface area contributed by atoms with Crippen molar-refractivity contribution in [3.05, 3.63) is 36.5 Å². The Kier molecular flexibility index (Phi) is 6.09. The smallest absolute Gasteiger partial charge is 0.241 e. The minimum Gasteiger partial charge on any atom is -0.382 e. The van der Waals surface area contributed by atoms with E-state index in [9.17, 15) is 0 Å². The Bertz CT molecular complexity index is 1320. The molecule has 1 saturated carbocycles. The number of rotatable bonds is 8. The van der Waals surface area contributed by atoms with Gasteiger partial charge in [-0.1, -0.05) is 0 Å². The third kappa shape index (κ3) is 4.37. The molecule has 0 unspecified atom stereocenters. The predicted molar refractivity (Wildman–Crippen MR) is 132 cm³/mol. The first-order chi connectivity index (χ1) is 17.2. The van der Waals surface area contributed by atoms with Crippen LogP contribution in [-0.2, 0) is 14.2 Å². The van der Waals surface area contributed by atoms with Crippen LogP contribution in [0, 0.1) is 6.92 Å². The summed E-state index contributed by atoms with van der Waals surface area (Å²) in [4.78, 5) is 14.0. The topological polar surface area (TPSA) is 101 Å². The number of aromatic nitrogens is 6. The zero-order valence-electron chi connectivity index (χ0n) is 20.2. The molecule has 4 aromatic heterocycles. The summed E-state index contributed by atoms with van der Waals surface area (Å²) < 4.78 is 20.6. The molecule has 2 aliphatic rings. The van der Waals surface area contributed by atoms with Crippen LogP contribution in [0.2, 0.25) is 0 Å². The Balaban J connectivity index is 1.21. The molecule has 1 N–H and O–H groups in total. The van der Waals surface area contributed by atoms with Crippen LogP contribution in [0.4, 0.5) is 5.95 Å². The van der Waals surface area contributed by atoms with Gasteiger partial charge in [-0.3, -0.25) is 0 Å². The van der Waals surface area contributed by atoms with Gasteiger partial charge < -0.3 is 24.1 Å². The molecule has 1 aliphatic carbocycles. The van der Waals surface area contributed by atoms with Gasteiger partial charge in [-0.05, 0) is 44.7 Å². The van der Waals surface area contributed by atoms with Crippen LogP contribution in [0.3, 0.4) is 0 Å². The molecule has 0 aromatic carbocycles. The normalized spacial score (nSPS) is 21.0. The average molecular weight is 478 g/mol. The highest BCUT2D eigenvalue weighted by atomic mass is 16.5. The summed E-state index contributed by atoms with van der Waals surface area (Å²) in [5.74, 6) is 1.63. The summed E-state index contributed by atoms with van der Waals surface area (Å²) in [6, 6.07) is 4.99. The van der Waals surface area contributed by atoms with Gasteiger partial charge in [0.05, 0.1) is 36.5 Å². The number of pyridine rings is 1. The number of hydrogen-bond acceptors (Lipinski definition) is 8. The summed E-state index contributed by atoms with van der Waals surface area (Å²) in [6.07, 6.45) is 9.92. The van der Waals surface area contributed by atoms with Crippen molar-refractivity contribution in [3.63, 3.8) is 0 Å². The molecule has 4 aromatic rings. The van der Waals surface area contributed by atoms with Crippen LogP contribution in [0.25, 0.3) is 27.8 Å². The minimum atomic E-state index is 0.283. The zero-order chi connectivity index (χ0) is 23.8. The van der Waals surface area contributed by atoms with Crippen LogP contribution >= 0.6 is 0 Å². The highest BCUT2D eigenvalue weighted by Crippen LogP contribution is 2.32. The first-order valence-electron chi connectivity index (χ1n) is 12.3. The molecule has 1 aliphatic heterocycles. The molecule has 2 fully saturated rings. The molecule has 1 saturated heterocycles. The van der Waals surface area contributed by atoms with Crippen molar-refractivity contribution in [2.45, 2.75) is 50.8 Å². The molecule has 5 heterocycles. The molecule has 0 spiro atoms. The number of hydrogen-bond donors (Lipinski definition) is 1. The van der Waals surface area contributed by atoms with E-state index >= 15 is 0 Å². The SMILES string of the molecule is COCCOC1CC(Nc2ncc3c(-c4cnc5nc(C)n(C6CCOCC6)c5c4)ccn3n2)C1. The van der Waals surface area contributed by atoms with Gasteiger partial charge in [0.25, 0.3) is 0 Å². The Morgan fingerprint density at radius 3 is 2.80 bits per heavy atom. The summed E-state index contributed by atoms with van der Waals surface area (Å²) in [6.45, 7) is 4.90. The summed E-state index contributed by atoms with van der Waals surface area (Å²) in [7, 11) is 1.69. The van der Waals surface area contributed by atoms with Crippen molar-refractivity contribution in [1.29, 1.82) is 0 Å². The van der Waals surface area contributed by atoms with Gasteiger partial charge in [0, 0.05) is 55.9 Å². The second-order valence-electron chi connectivity index (χ2n) is 9.38. The lowest BCUT2D eigenvalue weighted by atomic mass is 9.89. The fraction of sp³-hybridized carbons (Fsp3) is 0.520. The summed E-state index contributed by atoms with van der Waals surface area (Å²) in [5.41, 5.74) is 4.89. The van der Waals surface area contributed by atoms with Gasteiger partial charge in [0.1, 0.15) is 5.82 Å². The largest absolute Gasteiger partial charge is 0.382 e. The van der Waals surface area contributed by atoms with Crippen molar-refractivity contribution in [3.8, 4) is 11.1 Å². The standard InChI is InChI=1S/C25H31N7O3/c1-16-28-24-22(32(16)19-4-7-34-8-5-19)11-17(14-26-24)21-3-6-31-23(21)15-27-25(30-31)29-18-12-20(13-18)35-10-9-33-2/h3,6,11,14-15,18-20H,4-5,7-10,12-13H2,1-2H3,(H,29,30). The molecular weight excluding hydrogens is 446 g/mol. The molecule has 10 heteroatoms. The highest BCUT2D eigenvalue weighted by Gasteiger charge is 2.30. The van der Waals surface area contributed by atoms with E-state index in [0.717, 1.165) is 72.5 Å². The van der Waals surface area contributed by atoms with Crippen LogP contribution < -0.4 is 5.32 Å².